The Labute approximate surface area is 117 Å². The van der Waals surface area contributed by atoms with Crippen LogP contribution in [-0.2, 0) is 0 Å². The lowest BCUT2D eigenvalue weighted by Crippen LogP contribution is -2.15. The maximum Gasteiger partial charge on any atom is 0.257 e. The SMILES string of the molecule is CNC(C)c1cccc(NC(=O)c2cncc(F)c2)c1. The molecule has 1 aromatic heterocycles. The highest BCUT2D eigenvalue weighted by Crippen LogP contribution is 2.17. The first-order chi connectivity index (χ1) is 9.60. The summed E-state index contributed by atoms with van der Waals surface area (Å²) in [5.74, 6) is -0.915. The van der Waals surface area contributed by atoms with Gasteiger partial charge in [0.25, 0.3) is 5.91 Å². The predicted octanol–water partition coefficient (Wildman–Crippen LogP) is 2.75. The van der Waals surface area contributed by atoms with E-state index in [0.29, 0.717) is 5.69 Å². The molecule has 0 fully saturated rings. The minimum Gasteiger partial charge on any atom is -0.322 e. The number of nitrogens with one attached hydrogen (secondary N) is 2. The van der Waals surface area contributed by atoms with Crippen LogP contribution in [0.5, 0.6) is 0 Å². The third kappa shape index (κ3) is 3.39. The van der Waals surface area contributed by atoms with E-state index in [-0.39, 0.29) is 17.5 Å². The summed E-state index contributed by atoms with van der Waals surface area (Å²) >= 11 is 0. The predicted molar refractivity (Wildman–Crippen MR) is 76.1 cm³/mol. The zero-order chi connectivity index (χ0) is 14.5. The van der Waals surface area contributed by atoms with Crippen LogP contribution in [0.1, 0.15) is 28.9 Å². The molecule has 0 radical (unpaired) electrons. The molecule has 1 unspecified atom stereocenters. The van der Waals surface area contributed by atoms with Crippen molar-refractivity contribution in [3.63, 3.8) is 0 Å². The largest absolute Gasteiger partial charge is 0.322 e. The number of amides is 1. The average Bonchev–Trinajstić information content (AvgIpc) is 2.46. The van der Waals surface area contributed by atoms with Gasteiger partial charge in [-0.3, -0.25) is 9.78 Å². The Kier molecular flexibility index (Phi) is 4.42. The number of aromatic nitrogens is 1. The van der Waals surface area contributed by atoms with Crippen LogP contribution >= 0.6 is 0 Å². The Hall–Kier alpha value is -2.27. The highest BCUT2D eigenvalue weighted by atomic mass is 19.1. The number of hydrogen-bond donors (Lipinski definition) is 2. The minimum absolute atomic E-state index is 0.183. The van der Waals surface area contributed by atoms with Crippen molar-refractivity contribution in [2.45, 2.75) is 13.0 Å². The minimum atomic E-state index is -0.532. The molecule has 0 spiro atoms. The van der Waals surface area contributed by atoms with Crippen LogP contribution in [0.2, 0.25) is 0 Å². The molecule has 5 heteroatoms. The molecule has 0 aliphatic heterocycles. The Morgan fingerprint density at radius 2 is 2.10 bits per heavy atom. The standard InChI is InChI=1S/C15H16FN3O/c1-10(17-2)11-4-3-5-14(7-11)19-15(20)12-6-13(16)9-18-8-12/h3-10,17H,1-2H3,(H,19,20). The van der Waals surface area contributed by atoms with Gasteiger partial charge in [-0.05, 0) is 37.7 Å². The Morgan fingerprint density at radius 1 is 1.30 bits per heavy atom. The molecule has 104 valence electrons. The summed E-state index contributed by atoms with van der Waals surface area (Å²) in [4.78, 5) is 15.6. The van der Waals surface area contributed by atoms with E-state index < -0.39 is 5.82 Å². The topological polar surface area (TPSA) is 54.0 Å². The normalized spacial score (nSPS) is 11.9. The Morgan fingerprint density at radius 3 is 2.80 bits per heavy atom. The molecule has 0 aliphatic carbocycles. The summed E-state index contributed by atoms with van der Waals surface area (Å²) in [6.45, 7) is 2.03. The number of halogens is 1. The molecule has 2 N–H and O–H groups in total. The summed E-state index contributed by atoms with van der Waals surface area (Å²) in [5.41, 5.74) is 1.92. The molecule has 0 bridgehead atoms. The molecule has 1 aromatic carbocycles. The van der Waals surface area contributed by atoms with Crippen molar-refractivity contribution in [2.75, 3.05) is 12.4 Å². The zero-order valence-corrected chi connectivity index (χ0v) is 11.4. The fraction of sp³-hybridized carbons (Fsp3) is 0.200. The van der Waals surface area contributed by atoms with E-state index >= 15 is 0 Å². The van der Waals surface area contributed by atoms with Crippen LogP contribution in [0.15, 0.2) is 42.7 Å². The maximum atomic E-state index is 13.0. The van der Waals surface area contributed by atoms with Crippen molar-refractivity contribution in [3.8, 4) is 0 Å². The van der Waals surface area contributed by atoms with E-state index in [1.54, 1.807) is 6.07 Å². The van der Waals surface area contributed by atoms with Gasteiger partial charge in [0.15, 0.2) is 0 Å². The van der Waals surface area contributed by atoms with Gasteiger partial charge in [0.2, 0.25) is 0 Å². The van der Waals surface area contributed by atoms with Gasteiger partial charge in [0, 0.05) is 17.9 Å². The third-order valence-corrected chi connectivity index (χ3v) is 3.04. The van der Waals surface area contributed by atoms with Crippen molar-refractivity contribution in [2.24, 2.45) is 0 Å². The van der Waals surface area contributed by atoms with E-state index in [9.17, 15) is 9.18 Å². The number of pyridine rings is 1. The summed E-state index contributed by atoms with van der Waals surface area (Å²) in [7, 11) is 1.87. The second kappa shape index (κ2) is 6.25. The molecule has 0 saturated heterocycles. The van der Waals surface area contributed by atoms with Gasteiger partial charge in [0.05, 0.1) is 11.8 Å². The molecule has 20 heavy (non-hydrogen) atoms. The first-order valence-electron chi connectivity index (χ1n) is 6.29. The van der Waals surface area contributed by atoms with Gasteiger partial charge >= 0.3 is 0 Å². The summed E-state index contributed by atoms with van der Waals surface area (Å²) in [6, 6.07) is 8.84. The molecule has 4 nitrogen and oxygen atoms in total. The Balaban J connectivity index is 2.16. The zero-order valence-electron chi connectivity index (χ0n) is 11.4. The van der Waals surface area contributed by atoms with Crippen LogP contribution in [0.4, 0.5) is 10.1 Å². The quantitative estimate of drug-likeness (QED) is 0.900. The van der Waals surface area contributed by atoms with Crippen molar-refractivity contribution in [1.82, 2.24) is 10.3 Å². The summed E-state index contributed by atoms with van der Waals surface area (Å²) < 4.78 is 13.0. The molecule has 0 saturated carbocycles. The molecular formula is C15H16FN3O. The monoisotopic (exact) mass is 273 g/mol. The van der Waals surface area contributed by atoms with Crippen LogP contribution in [-0.4, -0.2) is 17.9 Å². The van der Waals surface area contributed by atoms with Gasteiger partial charge in [-0.2, -0.15) is 0 Å². The van der Waals surface area contributed by atoms with Crippen LogP contribution < -0.4 is 10.6 Å². The van der Waals surface area contributed by atoms with Crippen molar-refractivity contribution >= 4 is 11.6 Å². The number of hydrogen-bond acceptors (Lipinski definition) is 3. The molecule has 1 heterocycles. The lowest BCUT2D eigenvalue weighted by molar-refractivity contribution is 0.102. The number of nitrogens with zero attached hydrogens (tertiary/aromatic N) is 1. The summed E-state index contributed by atoms with van der Waals surface area (Å²) in [5, 5.41) is 5.86. The highest BCUT2D eigenvalue weighted by molar-refractivity contribution is 6.04. The summed E-state index contributed by atoms with van der Waals surface area (Å²) in [6.07, 6.45) is 2.39. The first kappa shape index (κ1) is 14.1. The lowest BCUT2D eigenvalue weighted by atomic mass is 10.1. The molecular weight excluding hydrogens is 257 g/mol. The van der Waals surface area contributed by atoms with Crippen molar-refractivity contribution in [3.05, 3.63) is 59.7 Å². The van der Waals surface area contributed by atoms with Gasteiger partial charge < -0.3 is 10.6 Å². The second-order valence-electron chi connectivity index (χ2n) is 4.48. The third-order valence-electron chi connectivity index (χ3n) is 3.04. The molecule has 1 amide bonds. The number of anilines is 1. The average molecular weight is 273 g/mol. The van der Waals surface area contributed by atoms with E-state index in [0.717, 1.165) is 17.8 Å². The fourth-order valence-corrected chi connectivity index (χ4v) is 1.79. The second-order valence-corrected chi connectivity index (χ2v) is 4.48. The lowest BCUT2D eigenvalue weighted by Gasteiger charge is -2.12. The van der Waals surface area contributed by atoms with Crippen molar-refractivity contribution < 1.29 is 9.18 Å². The number of rotatable bonds is 4. The highest BCUT2D eigenvalue weighted by Gasteiger charge is 2.09. The smallest absolute Gasteiger partial charge is 0.257 e. The number of carbonyl (C=O) groups is 1. The van der Waals surface area contributed by atoms with Gasteiger partial charge in [-0.1, -0.05) is 12.1 Å². The van der Waals surface area contributed by atoms with E-state index in [1.807, 2.05) is 32.2 Å². The van der Waals surface area contributed by atoms with Gasteiger partial charge in [0.1, 0.15) is 5.82 Å². The van der Waals surface area contributed by atoms with Crippen LogP contribution in [0, 0.1) is 5.82 Å². The van der Waals surface area contributed by atoms with Crippen LogP contribution in [0.25, 0.3) is 0 Å². The van der Waals surface area contributed by atoms with Crippen molar-refractivity contribution in [1.29, 1.82) is 0 Å². The molecule has 0 aliphatic rings. The van der Waals surface area contributed by atoms with Gasteiger partial charge in [-0.15, -0.1) is 0 Å². The maximum absolute atomic E-state index is 13.0. The number of carbonyl (C=O) groups excluding carboxylic acids is 1. The molecule has 2 rings (SSSR count). The van der Waals surface area contributed by atoms with Gasteiger partial charge in [-0.25, -0.2) is 4.39 Å². The number of benzene rings is 1. The van der Waals surface area contributed by atoms with E-state index in [4.69, 9.17) is 0 Å². The van der Waals surface area contributed by atoms with E-state index in [2.05, 4.69) is 15.6 Å². The molecule has 2 aromatic rings. The first-order valence-corrected chi connectivity index (χ1v) is 6.29. The Bertz CT molecular complexity index is 616. The molecule has 1 atom stereocenters. The van der Waals surface area contributed by atoms with E-state index in [1.165, 1.54) is 6.20 Å². The fourth-order valence-electron chi connectivity index (χ4n) is 1.79. The van der Waals surface area contributed by atoms with Crippen LogP contribution in [0.3, 0.4) is 0 Å².